The van der Waals surface area contributed by atoms with Crippen molar-refractivity contribution in [2.45, 2.75) is 59.0 Å². The molecule has 200 valence electrons. The van der Waals surface area contributed by atoms with Gasteiger partial charge >= 0.3 is 0 Å². The van der Waals surface area contributed by atoms with Gasteiger partial charge in [0.1, 0.15) is 0 Å². The van der Waals surface area contributed by atoms with Crippen LogP contribution in [0.1, 0.15) is 43.4 Å². The molecule has 1 aliphatic heterocycles. The first-order valence-corrected chi connectivity index (χ1v) is 14.8. The van der Waals surface area contributed by atoms with Gasteiger partial charge in [-0.15, -0.1) is 0 Å². The number of fused-ring (bicyclic) bond motifs is 3. The summed E-state index contributed by atoms with van der Waals surface area (Å²) in [5, 5.41) is 0. The molecular weight excluding hydrogens is 484 g/mol. The Morgan fingerprint density at radius 2 is 1.35 bits per heavy atom. The van der Waals surface area contributed by atoms with Crippen molar-refractivity contribution in [1.29, 1.82) is 0 Å². The van der Waals surface area contributed by atoms with E-state index in [-0.39, 0.29) is 5.41 Å². The molecule has 1 unspecified atom stereocenters. The molecule has 1 aliphatic rings. The highest BCUT2D eigenvalue weighted by atomic mass is 15.0. The van der Waals surface area contributed by atoms with Crippen LogP contribution in [0.15, 0.2) is 116 Å². The zero-order valence-corrected chi connectivity index (χ0v) is 24.3. The summed E-state index contributed by atoms with van der Waals surface area (Å²) >= 11 is 0. The number of nitrogens with zero attached hydrogens (tertiary/aromatic N) is 2. The van der Waals surface area contributed by atoms with Gasteiger partial charge in [-0.3, -0.25) is 0 Å². The van der Waals surface area contributed by atoms with Crippen molar-refractivity contribution in [3.05, 3.63) is 132 Å². The van der Waals surface area contributed by atoms with E-state index in [0.29, 0.717) is 5.92 Å². The average molecular weight is 525 g/mol. The lowest BCUT2D eigenvalue weighted by atomic mass is 9.65. The van der Waals surface area contributed by atoms with E-state index in [1.165, 1.54) is 50.3 Å². The second-order valence-electron chi connectivity index (χ2n) is 11.4. The zero-order chi connectivity index (χ0) is 27.7. The predicted octanol–water partition coefficient (Wildman–Crippen LogP) is 8.27. The van der Waals surface area contributed by atoms with E-state index in [2.05, 4.69) is 152 Å². The number of hydrogen-bond donors (Lipinski definition) is 0. The molecule has 3 aromatic carbocycles. The number of benzene rings is 3. The first-order chi connectivity index (χ1) is 19.6. The average Bonchev–Trinajstić information content (AvgIpc) is 3.11. The van der Waals surface area contributed by atoms with Crippen LogP contribution in [-0.4, -0.2) is 0 Å². The van der Waals surface area contributed by atoms with Crippen molar-refractivity contribution in [1.82, 2.24) is 0 Å². The third-order valence-electron chi connectivity index (χ3n) is 9.44. The smallest absolute Gasteiger partial charge is 0.198 e. The molecule has 0 amide bonds. The Hall–Kier alpha value is -4.04. The van der Waals surface area contributed by atoms with Crippen molar-refractivity contribution in [2.24, 2.45) is 5.92 Å². The van der Waals surface area contributed by atoms with Crippen LogP contribution in [0, 0.1) is 19.8 Å². The molecule has 2 heteroatoms. The summed E-state index contributed by atoms with van der Waals surface area (Å²) < 4.78 is 5.07. The van der Waals surface area contributed by atoms with Crippen LogP contribution in [-0.2, 0) is 18.5 Å². The predicted molar refractivity (Wildman–Crippen MR) is 165 cm³/mol. The highest BCUT2D eigenvalue weighted by molar-refractivity contribution is 5.69. The van der Waals surface area contributed by atoms with Gasteiger partial charge in [0.05, 0.1) is 5.92 Å². The second kappa shape index (κ2) is 10.8. The van der Waals surface area contributed by atoms with E-state index in [1.54, 1.807) is 0 Å². The molecule has 40 heavy (non-hydrogen) atoms. The maximum Gasteiger partial charge on any atom is 0.213 e. The molecule has 2 aromatic heterocycles. The van der Waals surface area contributed by atoms with Gasteiger partial charge in [-0.05, 0) is 67.1 Å². The lowest BCUT2D eigenvalue weighted by molar-refractivity contribution is -0.729. The first-order valence-electron chi connectivity index (χ1n) is 14.8. The SMILES string of the molecule is CCC1(CC)c2ccccc2-c2cccc[n+]2CC1C[n+]1cc(-c2ccccc2)c(C)cc1-c1ccccc1C. The molecule has 0 bridgehead atoms. The Labute approximate surface area is 239 Å². The molecule has 0 saturated heterocycles. The lowest BCUT2D eigenvalue weighted by Crippen LogP contribution is -2.52. The Bertz CT molecular complexity index is 1650. The fourth-order valence-corrected chi connectivity index (χ4v) is 7.19. The summed E-state index contributed by atoms with van der Waals surface area (Å²) in [4.78, 5) is 0. The van der Waals surface area contributed by atoms with Gasteiger partial charge in [-0.2, -0.15) is 9.13 Å². The van der Waals surface area contributed by atoms with Crippen LogP contribution >= 0.6 is 0 Å². The number of hydrogen-bond acceptors (Lipinski definition) is 0. The van der Waals surface area contributed by atoms with Gasteiger partial charge < -0.3 is 0 Å². The molecule has 6 rings (SSSR count). The quantitative estimate of drug-likeness (QED) is 0.198. The molecule has 0 spiro atoms. The summed E-state index contributed by atoms with van der Waals surface area (Å²) in [6.07, 6.45) is 6.92. The van der Waals surface area contributed by atoms with Gasteiger partial charge in [-0.1, -0.05) is 80.6 Å². The summed E-state index contributed by atoms with van der Waals surface area (Å²) in [5.41, 5.74) is 12.1. The van der Waals surface area contributed by atoms with Crippen molar-refractivity contribution in [3.8, 4) is 33.6 Å². The number of aromatic nitrogens is 2. The van der Waals surface area contributed by atoms with Gasteiger partial charge in [0.25, 0.3) is 0 Å². The molecule has 0 N–H and O–H groups in total. The van der Waals surface area contributed by atoms with Crippen molar-refractivity contribution in [3.63, 3.8) is 0 Å². The minimum Gasteiger partial charge on any atom is -0.198 e. The molecular formula is C38H40N2+2. The second-order valence-corrected chi connectivity index (χ2v) is 11.4. The lowest BCUT2D eigenvalue weighted by Gasteiger charge is -2.37. The van der Waals surface area contributed by atoms with Gasteiger partial charge in [-0.25, -0.2) is 0 Å². The standard InChI is InChI=1S/C38H40N2/c1-5-38(6-2)31(25-39-23-15-14-22-36(39)33-20-12-13-21-35(33)38)26-40-27-34(30-17-8-7-9-18-30)29(4)24-37(40)32-19-11-10-16-28(32)3/h7-24,27,31H,5-6,25-26H2,1-4H3/q+2. The fourth-order valence-electron chi connectivity index (χ4n) is 7.19. The largest absolute Gasteiger partial charge is 0.213 e. The number of rotatable bonds is 6. The third-order valence-corrected chi connectivity index (χ3v) is 9.44. The first kappa shape index (κ1) is 26.2. The highest BCUT2D eigenvalue weighted by Gasteiger charge is 2.47. The Morgan fingerprint density at radius 3 is 2.10 bits per heavy atom. The van der Waals surface area contributed by atoms with Crippen LogP contribution in [0.2, 0.25) is 0 Å². The molecule has 0 fully saturated rings. The molecule has 1 atom stereocenters. The van der Waals surface area contributed by atoms with Crippen molar-refractivity contribution >= 4 is 0 Å². The van der Waals surface area contributed by atoms with E-state index in [0.717, 1.165) is 25.9 Å². The molecule has 0 radical (unpaired) electrons. The molecule has 5 aromatic rings. The van der Waals surface area contributed by atoms with E-state index in [4.69, 9.17) is 0 Å². The fraction of sp³-hybridized carbons (Fsp3) is 0.263. The normalized spacial score (nSPS) is 15.7. The van der Waals surface area contributed by atoms with Gasteiger partial charge in [0.15, 0.2) is 25.5 Å². The van der Waals surface area contributed by atoms with Crippen LogP contribution in [0.5, 0.6) is 0 Å². The maximum absolute atomic E-state index is 2.57. The minimum absolute atomic E-state index is 0.0659. The van der Waals surface area contributed by atoms with Crippen LogP contribution in [0.25, 0.3) is 33.6 Å². The van der Waals surface area contributed by atoms with E-state index < -0.39 is 0 Å². The summed E-state index contributed by atoms with van der Waals surface area (Å²) in [6.45, 7) is 11.2. The monoisotopic (exact) mass is 524 g/mol. The van der Waals surface area contributed by atoms with Crippen molar-refractivity contribution < 1.29 is 9.13 Å². The summed E-state index contributed by atoms with van der Waals surface area (Å²) in [7, 11) is 0. The van der Waals surface area contributed by atoms with E-state index in [9.17, 15) is 0 Å². The maximum atomic E-state index is 2.57. The third kappa shape index (κ3) is 4.46. The Kier molecular flexibility index (Phi) is 7.11. The Morgan fingerprint density at radius 1 is 0.675 bits per heavy atom. The van der Waals surface area contributed by atoms with Gasteiger partial charge in [0.2, 0.25) is 11.4 Å². The number of aryl methyl sites for hydroxylation is 2. The van der Waals surface area contributed by atoms with Gasteiger partial charge in [0, 0.05) is 40.3 Å². The Balaban J connectivity index is 1.57. The van der Waals surface area contributed by atoms with Crippen LogP contribution < -0.4 is 9.13 Å². The molecule has 3 heterocycles. The van der Waals surface area contributed by atoms with Crippen LogP contribution in [0.4, 0.5) is 0 Å². The molecule has 0 saturated carbocycles. The highest BCUT2D eigenvalue weighted by Crippen LogP contribution is 2.45. The van der Waals surface area contributed by atoms with Crippen LogP contribution in [0.3, 0.4) is 0 Å². The molecule has 0 aliphatic carbocycles. The topological polar surface area (TPSA) is 7.76 Å². The van der Waals surface area contributed by atoms with E-state index >= 15 is 0 Å². The summed E-state index contributed by atoms with van der Waals surface area (Å²) in [6, 6.07) is 37.9. The van der Waals surface area contributed by atoms with Crippen molar-refractivity contribution in [2.75, 3.05) is 0 Å². The zero-order valence-electron chi connectivity index (χ0n) is 24.3. The summed E-state index contributed by atoms with van der Waals surface area (Å²) in [5.74, 6) is 0.413. The van der Waals surface area contributed by atoms with E-state index in [1.807, 2.05) is 0 Å². The minimum atomic E-state index is 0.0659. The number of pyridine rings is 2. The molecule has 2 nitrogen and oxygen atoms in total.